The lowest BCUT2D eigenvalue weighted by Crippen LogP contribution is -2.50. The number of hydrogen-bond acceptors (Lipinski definition) is 4. The van der Waals surface area contributed by atoms with Gasteiger partial charge in [-0.15, -0.1) is 0 Å². The molecule has 2 aliphatic rings. The summed E-state index contributed by atoms with van der Waals surface area (Å²) in [5, 5.41) is 4.23. The molecule has 7 nitrogen and oxygen atoms in total. The number of fused-ring (bicyclic) bond motifs is 2. The molecule has 0 spiro atoms. The quantitative estimate of drug-likeness (QED) is 0.502. The SMILES string of the molecule is CNC(=O)c1ccc(N2C(=O)c3cccc4c5c(cc(c34)C2=O)C[N+](C)(C)CN5C)cc1. The fourth-order valence-corrected chi connectivity index (χ4v) is 5.08. The predicted octanol–water partition coefficient (Wildman–Crippen LogP) is 2.98. The van der Waals surface area contributed by atoms with Crippen LogP contribution >= 0.6 is 0 Å². The molecule has 0 aliphatic carbocycles. The average molecular weight is 430 g/mol. The van der Waals surface area contributed by atoms with E-state index in [4.69, 9.17) is 0 Å². The maximum Gasteiger partial charge on any atom is 0.266 e. The Morgan fingerprint density at radius 1 is 1.00 bits per heavy atom. The van der Waals surface area contributed by atoms with Gasteiger partial charge in [0.15, 0.2) is 6.67 Å². The molecule has 0 unspecified atom stereocenters. The van der Waals surface area contributed by atoms with Gasteiger partial charge in [0.25, 0.3) is 17.7 Å². The number of nitrogens with one attached hydrogen (secondary N) is 1. The van der Waals surface area contributed by atoms with Gasteiger partial charge in [0.1, 0.15) is 6.54 Å². The standard InChI is InChI=1S/C25H24N4O3/c1-26-23(30)15-8-10-17(11-9-15)28-24(31)19-7-5-6-18-21(19)20(25(28)32)12-16-13-29(3,4)14-27(2)22(16)18/h5-12H,13-14H2,1-4H3/p+1. The third-order valence-corrected chi connectivity index (χ3v) is 6.27. The Hall–Kier alpha value is -3.71. The molecule has 0 saturated heterocycles. The lowest BCUT2D eigenvalue weighted by Gasteiger charge is -2.41. The van der Waals surface area contributed by atoms with Gasteiger partial charge in [-0.25, -0.2) is 4.90 Å². The summed E-state index contributed by atoms with van der Waals surface area (Å²) < 4.78 is 0.784. The number of nitrogens with zero attached hydrogens (tertiary/aromatic N) is 3. The number of hydrogen-bond donors (Lipinski definition) is 1. The molecule has 0 atom stereocenters. The molecule has 1 N–H and O–H groups in total. The largest absolute Gasteiger partial charge is 0.355 e. The van der Waals surface area contributed by atoms with Crippen LogP contribution in [0, 0.1) is 0 Å². The van der Waals surface area contributed by atoms with Crippen LogP contribution in [0.25, 0.3) is 10.8 Å². The van der Waals surface area contributed by atoms with Gasteiger partial charge in [0.05, 0.1) is 25.5 Å². The summed E-state index contributed by atoms with van der Waals surface area (Å²) in [6.07, 6.45) is 0. The van der Waals surface area contributed by atoms with Crippen molar-refractivity contribution in [3.63, 3.8) is 0 Å². The monoisotopic (exact) mass is 429 g/mol. The molecule has 0 fully saturated rings. The first-order valence-corrected chi connectivity index (χ1v) is 10.5. The van der Waals surface area contributed by atoms with Crippen molar-refractivity contribution in [3.05, 3.63) is 70.8 Å². The first-order valence-electron chi connectivity index (χ1n) is 10.5. The number of anilines is 2. The number of imide groups is 1. The molecule has 3 aromatic rings. The Kier molecular flexibility index (Phi) is 4.36. The Morgan fingerprint density at radius 3 is 2.38 bits per heavy atom. The van der Waals surface area contributed by atoms with Crippen LogP contribution in [0.1, 0.15) is 36.6 Å². The number of quaternary nitrogens is 1. The van der Waals surface area contributed by atoms with Gasteiger partial charge in [0.2, 0.25) is 0 Å². The van der Waals surface area contributed by atoms with Crippen molar-refractivity contribution in [3.8, 4) is 0 Å². The zero-order chi connectivity index (χ0) is 22.8. The first kappa shape index (κ1) is 20.2. The molecular formula is C25H25N4O3+. The molecular weight excluding hydrogens is 404 g/mol. The van der Waals surface area contributed by atoms with E-state index in [1.807, 2.05) is 18.2 Å². The lowest BCUT2D eigenvalue weighted by molar-refractivity contribution is -0.904. The van der Waals surface area contributed by atoms with Crippen molar-refractivity contribution in [1.82, 2.24) is 5.32 Å². The molecule has 7 heteroatoms. The molecule has 3 aromatic carbocycles. The van der Waals surface area contributed by atoms with Crippen molar-refractivity contribution < 1.29 is 18.9 Å². The van der Waals surface area contributed by atoms with E-state index >= 15 is 0 Å². The molecule has 2 aliphatic heterocycles. The van der Waals surface area contributed by atoms with Gasteiger partial charge >= 0.3 is 0 Å². The summed E-state index contributed by atoms with van der Waals surface area (Å²) in [5.41, 5.74) is 4.16. The minimum absolute atomic E-state index is 0.223. The first-order chi connectivity index (χ1) is 15.2. The van der Waals surface area contributed by atoms with E-state index in [9.17, 15) is 14.4 Å². The molecule has 0 saturated carbocycles. The Labute approximate surface area is 186 Å². The fourth-order valence-electron chi connectivity index (χ4n) is 5.08. The summed E-state index contributed by atoms with van der Waals surface area (Å²) in [7, 11) is 7.94. The summed E-state index contributed by atoms with van der Waals surface area (Å²) >= 11 is 0. The number of carbonyl (C=O) groups is 3. The van der Waals surface area contributed by atoms with Crippen molar-refractivity contribution in [1.29, 1.82) is 0 Å². The average Bonchev–Trinajstić information content (AvgIpc) is 2.76. The maximum absolute atomic E-state index is 13.6. The zero-order valence-corrected chi connectivity index (χ0v) is 18.6. The summed E-state index contributed by atoms with van der Waals surface area (Å²) in [4.78, 5) is 42.4. The Balaban J connectivity index is 1.69. The minimum atomic E-state index is -0.352. The van der Waals surface area contributed by atoms with Gasteiger partial charge in [-0.2, -0.15) is 0 Å². The molecule has 2 heterocycles. The van der Waals surface area contributed by atoms with E-state index in [-0.39, 0.29) is 17.7 Å². The predicted molar refractivity (Wildman–Crippen MR) is 124 cm³/mol. The third-order valence-electron chi connectivity index (χ3n) is 6.27. The van der Waals surface area contributed by atoms with Crippen LogP contribution in [0.5, 0.6) is 0 Å². The highest BCUT2D eigenvalue weighted by Gasteiger charge is 2.38. The van der Waals surface area contributed by atoms with E-state index < -0.39 is 0 Å². The van der Waals surface area contributed by atoms with Gasteiger partial charge < -0.3 is 14.7 Å². The zero-order valence-electron chi connectivity index (χ0n) is 18.6. The molecule has 162 valence electrons. The topological polar surface area (TPSA) is 69.7 Å². The lowest BCUT2D eigenvalue weighted by atomic mass is 9.89. The van der Waals surface area contributed by atoms with Gasteiger partial charge in [-0.1, -0.05) is 12.1 Å². The van der Waals surface area contributed by atoms with Crippen molar-refractivity contribution in [2.75, 3.05) is 44.7 Å². The van der Waals surface area contributed by atoms with Crippen LogP contribution in [0.2, 0.25) is 0 Å². The van der Waals surface area contributed by atoms with Crippen molar-refractivity contribution >= 4 is 39.9 Å². The van der Waals surface area contributed by atoms with E-state index in [0.717, 1.165) is 39.7 Å². The molecule has 0 bridgehead atoms. The Morgan fingerprint density at radius 2 is 1.69 bits per heavy atom. The summed E-state index contributed by atoms with van der Waals surface area (Å²) in [6, 6.07) is 14.1. The second-order valence-electron chi connectivity index (χ2n) is 9.16. The van der Waals surface area contributed by atoms with E-state index in [2.05, 4.69) is 31.4 Å². The van der Waals surface area contributed by atoms with Gasteiger partial charge in [-0.05, 0) is 36.4 Å². The second kappa shape index (κ2) is 6.90. The van der Waals surface area contributed by atoms with E-state index in [1.165, 1.54) is 4.90 Å². The van der Waals surface area contributed by atoms with Crippen LogP contribution in [-0.4, -0.2) is 57.1 Å². The maximum atomic E-state index is 13.6. The van der Waals surface area contributed by atoms with Crippen LogP contribution in [0.4, 0.5) is 11.4 Å². The molecule has 0 aromatic heterocycles. The summed E-state index contributed by atoms with van der Waals surface area (Å²) in [6.45, 7) is 1.65. The normalized spacial score (nSPS) is 16.9. The number of amides is 3. The van der Waals surface area contributed by atoms with Crippen molar-refractivity contribution in [2.24, 2.45) is 0 Å². The second-order valence-corrected chi connectivity index (χ2v) is 9.16. The summed E-state index contributed by atoms with van der Waals surface area (Å²) in [5.74, 6) is -0.914. The number of benzene rings is 3. The van der Waals surface area contributed by atoms with E-state index in [0.29, 0.717) is 22.4 Å². The number of rotatable bonds is 2. The van der Waals surface area contributed by atoms with Crippen LogP contribution < -0.4 is 15.1 Å². The molecule has 5 rings (SSSR count). The van der Waals surface area contributed by atoms with Gasteiger partial charge in [-0.3, -0.25) is 14.4 Å². The van der Waals surface area contributed by atoms with E-state index in [1.54, 1.807) is 37.4 Å². The molecule has 32 heavy (non-hydrogen) atoms. The van der Waals surface area contributed by atoms with Crippen LogP contribution in [0.3, 0.4) is 0 Å². The van der Waals surface area contributed by atoms with Crippen molar-refractivity contribution in [2.45, 2.75) is 6.54 Å². The third kappa shape index (κ3) is 2.89. The van der Waals surface area contributed by atoms with Crippen LogP contribution in [-0.2, 0) is 6.54 Å². The Bertz CT molecular complexity index is 1310. The molecule has 0 radical (unpaired) electrons. The smallest absolute Gasteiger partial charge is 0.266 e. The van der Waals surface area contributed by atoms with Crippen LogP contribution in [0.15, 0.2) is 48.5 Å². The highest BCUT2D eigenvalue weighted by atomic mass is 16.2. The molecule has 3 amide bonds. The van der Waals surface area contributed by atoms with Gasteiger partial charge in [0, 0.05) is 47.1 Å². The highest BCUT2D eigenvalue weighted by Crippen LogP contribution is 2.42. The fraction of sp³-hybridized carbons (Fsp3) is 0.240. The minimum Gasteiger partial charge on any atom is -0.355 e. The number of carbonyl (C=O) groups excluding carboxylic acids is 3. The highest BCUT2D eigenvalue weighted by molar-refractivity contribution is 6.36.